The van der Waals surface area contributed by atoms with Crippen molar-refractivity contribution in [2.45, 2.75) is 26.0 Å². The van der Waals surface area contributed by atoms with Gasteiger partial charge in [0.25, 0.3) is 5.91 Å². The second-order valence-corrected chi connectivity index (χ2v) is 7.98. The average molecular weight is 424 g/mol. The van der Waals surface area contributed by atoms with E-state index in [1.54, 1.807) is 23.8 Å². The molecule has 1 unspecified atom stereocenters. The SMILES string of the molecule is CC1Oc2ccccc2N(CCC(=O)N(C)Cc2ccc(N3CCOCC3)cc2)C1=O. The van der Waals surface area contributed by atoms with Gasteiger partial charge < -0.3 is 24.2 Å². The van der Waals surface area contributed by atoms with Crippen LogP contribution in [0.2, 0.25) is 0 Å². The van der Waals surface area contributed by atoms with E-state index in [-0.39, 0.29) is 18.2 Å². The van der Waals surface area contributed by atoms with Crippen LogP contribution in [0.1, 0.15) is 18.9 Å². The van der Waals surface area contributed by atoms with Crippen LogP contribution in [0.5, 0.6) is 5.75 Å². The van der Waals surface area contributed by atoms with Gasteiger partial charge in [-0.25, -0.2) is 0 Å². The molecule has 0 aromatic heterocycles. The number of hydrogen-bond donors (Lipinski definition) is 0. The topological polar surface area (TPSA) is 62.3 Å². The molecule has 0 radical (unpaired) electrons. The monoisotopic (exact) mass is 423 g/mol. The van der Waals surface area contributed by atoms with E-state index in [4.69, 9.17) is 9.47 Å². The number of nitrogens with zero attached hydrogens (tertiary/aromatic N) is 3. The summed E-state index contributed by atoms with van der Waals surface area (Å²) >= 11 is 0. The Bertz CT molecular complexity index is 925. The Morgan fingerprint density at radius 3 is 2.55 bits per heavy atom. The lowest BCUT2D eigenvalue weighted by Crippen LogP contribution is -2.45. The molecule has 2 heterocycles. The van der Waals surface area contributed by atoms with Crippen LogP contribution in [0.4, 0.5) is 11.4 Å². The zero-order valence-corrected chi connectivity index (χ0v) is 18.1. The summed E-state index contributed by atoms with van der Waals surface area (Å²) in [7, 11) is 1.80. The number of carbonyl (C=O) groups excluding carboxylic acids is 2. The maximum absolute atomic E-state index is 12.7. The summed E-state index contributed by atoms with van der Waals surface area (Å²) in [5.74, 6) is 0.560. The highest BCUT2D eigenvalue weighted by Gasteiger charge is 2.31. The molecular formula is C24H29N3O4. The summed E-state index contributed by atoms with van der Waals surface area (Å²) in [6.07, 6.45) is -0.289. The van der Waals surface area contributed by atoms with E-state index in [1.165, 1.54) is 5.69 Å². The third-order valence-electron chi connectivity index (χ3n) is 5.78. The Hall–Kier alpha value is -3.06. The van der Waals surface area contributed by atoms with E-state index in [2.05, 4.69) is 29.2 Å². The summed E-state index contributed by atoms with van der Waals surface area (Å²) < 4.78 is 11.1. The molecule has 7 nitrogen and oxygen atoms in total. The molecule has 0 saturated carbocycles. The molecule has 0 spiro atoms. The zero-order valence-electron chi connectivity index (χ0n) is 18.1. The Morgan fingerprint density at radius 2 is 1.81 bits per heavy atom. The molecule has 31 heavy (non-hydrogen) atoms. The maximum Gasteiger partial charge on any atom is 0.267 e. The highest BCUT2D eigenvalue weighted by molar-refractivity contribution is 6.00. The predicted octanol–water partition coefficient (Wildman–Crippen LogP) is 2.69. The third-order valence-corrected chi connectivity index (χ3v) is 5.78. The van der Waals surface area contributed by atoms with E-state index in [1.807, 2.05) is 24.3 Å². The molecule has 0 N–H and O–H groups in total. The number of hydrogen-bond acceptors (Lipinski definition) is 5. The highest BCUT2D eigenvalue weighted by Crippen LogP contribution is 2.33. The lowest BCUT2D eigenvalue weighted by Gasteiger charge is -2.33. The van der Waals surface area contributed by atoms with Crippen molar-refractivity contribution in [2.75, 3.05) is 49.7 Å². The standard InChI is InChI=1S/C24H29N3O4/c1-18-24(29)27(21-5-3-4-6-22(21)31-18)12-11-23(28)25(2)17-19-7-9-20(10-8-19)26-13-15-30-16-14-26/h3-10,18H,11-17H2,1-2H3. The van der Waals surface area contributed by atoms with Gasteiger partial charge in [-0.1, -0.05) is 24.3 Å². The fraction of sp³-hybridized carbons (Fsp3) is 0.417. The van der Waals surface area contributed by atoms with Crippen molar-refractivity contribution in [1.82, 2.24) is 4.90 Å². The fourth-order valence-electron chi connectivity index (χ4n) is 3.98. The van der Waals surface area contributed by atoms with Crippen LogP contribution in [-0.4, -0.2) is 62.7 Å². The molecule has 1 fully saturated rings. The van der Waals surface area contributed by atoms with Gasteiger partial charge in [-0.15, -0.1) is 0 Å². The Balaban J connectivity index is 1.33. The molecule has 2 aromatic carbocycles. The molecule has 2 aromatic rings. The van der Waals surface area contributed by atoms with Gasteiger partial charge in [0.05, 0.1) is 18.9 Å². The van der Waals surface area contributed by atoms with Crippen LogP contribution < -0.4 is 14.5 Å². The van der Waals surface area contributed by atoms with Crippen LogP contribution in [0, 0.1) is 0 Å². The van der Waals surface area contributed by atoms with Gasteiger partial charge in [-0.2, -0.15) is 0 Å². The van der Waals surface area contributed by atoms with Crippen LogP contribution in [0.3, 0.4) is 0 Å². The van der Waals surface area contributed by atoms with E-state index in [0.717, 1.165) is 37.6 Å². The quantitative estimate of drug-likeness (QED) is 0.715. The van der Waals surface area contributed by atoms with Crippen molar-refractivity contribution in [1.29, 1.82) is 0 Å². The number of amides is 2. The molecule has 7 heteroatoms. The summed E-state index contributed by atoms with van der Waals surface area (Å²) in [6.45, 7) is 5.93. The van der Waals surface area contributed by atoms with Crippen molar-refractivity contribution in [2.24, 2.45) is 0 Å². The van der Waals surface area contributed by atoms with Crippen LogP contribution >= 0.6 is 0 Å². The first-order valence-corrected chi connectivity index (χ1v) is 10.8. The summed E-state index contributed by atoms with van der Waals surface area (Å²) in [4.78, 5) is 31.0. The molecule has 0 aliphatic carbocycles. The van der Waals surface area contributed by atoms with Crippen molar-refractivity contribution in [3.05, 3.63) is 54.1 Å². The Morgan fingerprint density at radius 1 is 1.10 bits per heavy atom. The highest BCUT2D eigenvalue weighted by atomic mass is 16.5. The molecular weight excluding hydrogens is 394 g/mol. The number of ether oxygens (including phenoxy) is 2. The van der Waals surface area contributed by atoms with Gasteiger partial charge in [0, 0.05) is 45.3 Å². The fourth-order valence-corrected chi connectivity index (χ4v) is 3.98. The smallest absolute Gasteiger partial charge is 0.267 e. The minimum Gasteiger partial charge on any atom is -0.479 e. The average Bonchev–Trinajstić information content (AvgIpc) is 2.80. The molecule has 4 rings (SSSR count). The molecule has 0 bridgehead atoms. The molecule has 2 aliphatic heterocycles. The first-order chi connectivity index (χ1) is 15.0. The Labute approximate surface area is 183 Å². The minimum atomic E-state index is -0.548. The lowest BCUT2D eigenvalue weighted by atomic mass is 10.1. The zero-order chi connectivity index (χ0) is 21.8. The number of rotatable bonds is 6. The van der Waals surface area contributed by atoms with E-state index in [9.17, 15) is 9.59 Å². The number of morpholine rings is 1. The number of anilines is 2. The Kier molecular flexibility index (Phi) is 6.42. The maximum atomic E-state index is 12.7. The van der Waals surface area contributed by atoms with E-state index in [0.29, 0.717) is 18.8 Å². The van der Waals surface area contributed by atoms with Crippen molar-refractivity contribution in [3.8, 4) is 5.75 Å². The summed E-state index contributed by atoms with van der Waals surface area (Å²) in [5.41, 5.74) is 2.98. The number of benzene rings is 2. The van der Waals surface area contributed by atoms with Gasteiger partial charge in [-0.05, 0) is 36.8 Å². The minimum absolute atomic E-state index is 0.00156. The molecule has 2 amide bonds. The normalized spacial score (nSPS) is 18.4. The molecule has 2 aliphatic rings. The van der Waals surface area contributed by atoms with Gasteiger partial charge in [0.15, 0.2) is 6.10 Å². The third kappa shape index (κ3) is 4.82. The molecule has 1 atom stereocenters. The van der Waals surface area contributed by atoms with Crippen LogP contribution in [-0.2, 0) is 20.9 Å². The second-order valence-electron chi connectivity index (χ2n) is 7.98. The largest absolute Gasteiger partial charge is 0.479 e. The van der Waals surface area contributed by atoms with Gasteiger partial charge in [-0.3, -0.25) is 9.59 Å². The second kappa shape index (κ2) is 9.39. The lowest BCUT2D eigenvalue weighted by molar-refractivity contribution is -0.130. The summed E-state index contributed by atoms with van der Waals surface area (Å²) in [5, 5.41) is 0. The van der Waals surface area contributed by atoms with E-state index < -0.39 is 6.10 Å². The van der Waals surface area contributed by atoms with Crippen LogP contribution in [0.25, 0.3) is 0 Å². The molecule has 164 valence electrons. The van der Waals surface area contributed by atoms with Gasteiger partial charge in [0.1, 0.15) is 5.75 Å². The van der Waals surface area contributed by atoms with E-state index >= 15 is 0 Å². The van der Waals surface area contributed by atoms with Gasteiger partial charge >= 0.3 is 0 Å². The van der Waals surface area contributed by atoms with Crippen molar-refractivity contribution >= 4 is 23.2 Å². The summed E-state index contributed by atoms with van der Waals surface area (Å²) in [6, 6.07) is 15.8. The first-order valence-electron chi connectivity index (χ1n) is 10.8. The van der Waals surface area contributed by atoms with Crippen molar-refractivity contribution in [3.63, 3.8) is 0 Å². The molecule has 1 saturated heterocycles. The van der Waals surface area contributed by atoms with Gasteiger partial charge in [0.2, 0.25) is 5.91 Å². The number of para-hydroxylation sites is 2. The predicted molar refractivity (Wildman–Crippen MR) is 119 cm³/mol. The first kappa shape index (κ1) is 21.2. The number of carbonyl (C=O) groups is 2. The van der Waals surface area contributed by atoms with Crippen molar-refractivity contribution < 1.29 is 19.1 Å². The van der Waals surface area contributed by atoms with Crippen LogP contribution in [0.15, 0.2) is 48.5 Å². The number of fused-ring (bicyclic) bond motifs is 1.